The zero-order valence-corrected chi connectivity index (χ0v) is 14.6. The highest BCUT2D eigenvalue weighted by molar-refractivity contribution is 6.31. The molecule has 0 spiro atoms. The van der Waals surface area contributed by atoms with Crippen LogP contribution in [0, 0.1) is 6.92 Å². The standard InChI is InChI=1S/C18H19ClN2O3/c1-12-7-8-14(19)9-17(12)20-18(23)11-21(13(2)22)15-5-4-6-16(10-15)24-3/h4-10H,11H2,1-3H3,(H,20,23). The number of hydrogen-bond donors (Lipinski definition) is 1. The van der Waals surface area contributed by atoms with Crippen LogP contribution in [-0.4, -0.2) is 25.5 Å². The second-order valence-corrected chi connectivity index (χ2v) is 5.75. The molecule has 0 aromatic heterocycles. The van der Waals surface area contributed by atoms with Crippen molar-refractivity contribution >= 4 is 34.8 Å². The van der Waals surface area contributed by atoms with Crippen LogP contribution in [-0.2, 0) is 9.59 Å². The smallest absolute Gasteiger partial charge is 0.244 e. The van der Waals surface area contributed by atoms with Gasteiger partial charge in [-0.15, -0.1) is 0 Å². The molecule has 126 valence electrons. The second-order valence-electron chi connectivity index (χ2n) is 5.31. The van der Waals surface area contributed by atoms with E-state index < -0.39 is 0 Å². The molecular formula is C18H19ClN2O3. The number of rotatable bonds is 5. The lowest BCUT2D eigenvalue weighted by molar-refractivity contribution is -0.120. The minimum atomic E-state index is -0.307. The molecule has 1 N–H and O–H groups in total. The van der Waals surface area contributed by atoms with Gasteiger partial charge in [0.25, 0.3) is 0 Å². The fraction of sp³-hybridized carbons (Fsp3) is 0.222. The first-order valence-corrected chi connectivity index (χ1v) is 7.76. The van der Waals surface area contributed by atoms with E-state index in [1.807, 2.05) is 13.0 Å². The van der Waals surface area contributed by atoms with Crippen LogP contribution in [0.15, 0.2) is 42.5 Å². The summed E-state index contributed by atoms with van der Waals surface area (Å²) in [6.45, 7) is 3.18. The van der Waals surface area contributed by atoms with Crippen molar-refractivity contribution in [3.63, 3.8) is 0 Å². The maximum absolute atomic E-state index is 12.3. The molecule has 5 nitrogen and oxygen atoms in total. The van der Waals surface area contributed by atoms with E-state index in [9.17, 15) is 9.59 Å². The van der Waals surface area contributed by atoms with Gasteiger partial charge in [-0.25, -0.2) is 0 Å². The third-order valence-corrected chi connectivity index (χ3v) is 3.76. The number of aryl methyl sites for hydroxylation is 1. The lowest BCUT2D eigenvalue weighted by Crippen LogP contribution is -2.36. The quantitative estimate of drug-likeness (QED) is 0.899. The van der Waals surface area contributed by atoms with Crippen LogP contribution in [0.3, 0.4) is 0 Å². The van der Waals surface area contributed by atoms with E-state index in [0.29, 0.717) is 22.1 Å². The normalized spacial score (nSPS) is 10.2. The summed E-state index contributed by atoms with van der Waals surface area (Å²) in [5, 5.41) is 3.32. The Morgan fingerprint density at radius 1 is 1.21 bits per heavy atom. The number of halogens is 1. The molecule has 24 heavy (non-hydrogen) atoms. The Labute approximate surface area is 146 Å². The van der Waals surface area contributed by atoms with Crippen molar-refractivity contribution in [3.8, 4) is 5.75 Å². The molecule has 2 aromatic carbocycles. The average Bonchev–Trinajstić information content (AvgIpc) is 2.55. The van der Waals surface area contributed by atoms with Gasteiger partial charge in [-0.2, -0.15) is 0 Å². The Balaban J connectivity index is 2.16. The van der Waals surface area contributed by atoms with Crippen molar-refractivity contribution < 1.29 is 14.3 Å². The average molecular weight is 347 g/mol. The van der Waals surface area contributed by atoms with Crippen molar-refractivity contribution in [2.24, 2.45) is 0 Å². The van der Waals surface area contributed by atoms with Gasteiger partial charge in [0.15, 0.2) is 0 Å². The SMILES string of the molecule is COc1cccc(N(CC(=O)Nc2cc(Cl)ccc2C)C(C)=O)c1. The van der Waals surface area contributed by atoms with Crippen LogP contribution in [0.5, 0.6) is 5.75 Å². The number of amides is 2. The van der Waals surface area contributed by atoms with Crippen molar-refractivity contribution in [2.75, 3.05) is 23.9 Å². The van der Waals surface area contributed by atoms with Crippen LogP contribution >= 0.6 is 11.6 Å². The highest BCUT2D eigenvalue weighted by Gasteiger charge is 2.17. The molecule has 0 aliphatic rings. The minimum Gasteiger partial charge on any atom is -0.497 e. The molecule has 2 aromatic rings. The molecule has 0 saturated carbocycles. The fourth-order valence-corrected chi connectivity index (χ4v) is 2.40. The number of benzene rings is 2. The number of carbonyl (C=O) groups excluding carboxylic acids is 2. The van der Waals surface area contributed by atoms with Gasteiger partial charge in [-0.1, -0.05) is 23.7 Å². The minimum absolute atomic E-state index is 0.103. The van der Waals surface area contributed by atoms with Gasteiger partial charge >= 0.3 is 0 Å². The van der Waals surface area contributed by atoms with Gasteiger partial charge in [-0.05, 0) is 36.8 Å². The van der Waals surface area contributed by atoms with Crippen molar-refractivity contribution in [1.82, 2.24) is 0 Å². The summed E-state index contributed by atoms with van der Waals surface area (Å²) in [6, 6.07) is 12.3. The maximum Gasteiger partial charge on any atom is 0.244 e. The van der Waals surface area contributed by atoms with Crippen molar-refractivity contribution in [3.05, 3.63) is 53.1 Å². The number of anilines is 2. The summed E-state index contributed by atoms with van der Waals surface area (Å²) < 4.78 is 5.16. The Hall–Kier alpha value is -2.53. The Kier molecular flexibility index (Phi) is 5.82. The topological polar surface area (TPSA) is 58.6 Å². The predicted molar refractivity (Wildman–Crippen MR) is 95.8 cm³/mol. The van der Waals surface area contributed by atoms with Crippen LogP contribution in [0.4, 0.5) is 11.4 Å². The van der Waals surface area contributed by atoms with Gasteiger partial charge in [-0.3, -0.25) is 9.59 Å². The third kappa shape index (κ3) is 4.49. The van der Waals surface area contributed by atoms with Crippen molar-refractivity contribution in [1.29, 1.82) is 0 Å². The lowest BCUT2D eigenvalue weighted by atomic mass is 10.2. The van der Waals surface area contributed by atoms with Crippen LogP contribution < -0.4 is 15.0 Å². The number of methoxy groups -OCH3 is 1. The third-order valence-electron chi connectivity index (χ3n) is 3.52. The molecule has 2 amide bonds. The molecule has 0 atom stereocenters. The number of nitrogens with one attached hydrogen (secondary N) is 1. The highest BCUT2D eigenvalue weighted by Crippen LogP contribution is 2.22. The van der Waals surface area contributed by atoms with Gasteiger partial charge in [0.05, 0.1) is 7.11 Å². The first-order chi connectivity index (χ1) is 11.4. The Bertz CT molecular complexity index is 762. The molecule has 0 saturated heterocycles. The summed E-state index contributed by atoms with van der Waals surface area (Å²) >= 11 is 5.96. The van der Waals surface area contributed by atoms with E-state index in [0.717, 1.165) is 5.56 Å². The fourth-order valence-electron chi connectivity index (χ4n) is 2.23. The van der Waals surface area contributed by atoms with E-state index in [2.05, 4.69) is 5.32 Å². The first kappa shape index (κ1) is 17.8. The van der Waals surface area contributed by atoms with Crippen molar-refractivity contribution in [2.45, 2.75) is 13.8 Å². The van der Waals surface area contributed by atoms with E-state index >= 15 is 0 Å². The lowest BCUT2D eigenvalue weighted by Gasteiger charge is -2.21. The molecule has 0 aliphatic heterocycles. The summed E-state index contributed by atoms with van der Waals surface area (Å²) in [4.78, 5) is 25.7. The van der Waals surface area contributed by atoms with Gasteiger partial charge < -0.3 is 15.0 Å². The van der Waals surface area contributed by atoms with Gasteiger partial charge in [0.2, 0.25) is 11.8 Å². The van der Waals surface area contributed by atoms with Crippen LogP contribution in [0.25, 0.3) is 0 Å². The Morgan fingerprint density at radius 2 is 1.96 bits per heavy atom. The monoisotopic (exact) mass is 346 g/mol. The molecule has 0 heterocycles. The van der Waals surface area contributed by atoms with E-state index in [1.54, 1.807) is 43.5 Å². The zero-order chi connectivity index (χ0) is 17.7. The number of nitrogens with zero attached hydrogens (tertiary/aromatic N) is 1. The van der Waals surface area contributed by atoms with Crippen LogP contribution in [0.2, 0.25) is 5.02 Å². The molecule has 6 heteroatoms. The van der Waals surface area contributed by atoms with Gasteiger partial charge in [0.1, 0.15) is 12.3 Å². The molecule has 0 bridgehead atoms. The summed E-state index contributed by atoms with van der Waals surface area (Å²) in [5.41, 5.74) is 2.12. The number of carbonyl (C=O) groups is 2. The predicted octanol–water partition coefficient (Wildman–Crippen LogP) is 3.65. The van der Waals surface area contributed by atoms with E-state index in [-0.39, 0.29) is 18.4 Å². The summed E-state index contributed by atoms with van der Waals surface area (Å²) in [7, 11) is 1.55. The second kappa shape index (κ2) is 7.84. The molecule has 0 unspecified atom stereocenters. The first-order valence-electron chi connectivity index (χ1n) is 7.39. The van der Waals surface area contributed by atoms with Crippen LogP contribution in [0.1, 0.15) is 12.5 Å². The summed E-state index contributed by atoms with van der Waals surface area (Å²) in [6.07, 6.45) is 0. The molecule has 0 aliphatic carbocycles. The molecule has 2 rings (SSSR count). The Morgan fingerprint density at radius 3 is 2.62 bits per heavy atom. The zero-order valence-electron chi connectivity index (χ0n) is 13.8. The number of ether oxygens (including phenoxy) is 1. The van der Waals surface area contributed by atoms with E-state index in [4.69, 9.17) is 16.3 Å². The summed E-state index contributed by atoms with van der Waals surface area (Å²) in [5.74, 6) is 0.0736. The molecule has 0 radical (unpaired) electrons. The molecule has 0 fully saturated rings. The number of hydrogen-bond acceptors (Lipinski definition) is 3. The molecular weight excluding hydrogens is 328 g/mol. The highest BCUT2D eigenvalue weighted by atomic mass is 35.5. The van der Waals surface area contributed by atoms with E-state index in [1.165, 1.54) is 11.8 Å². The largest absolute Gasteiger partial charge is 0.497 e. The maximum atomic E-state index is 12.3. The van der Waals surface area contributed by atoms with Gasteiger partial charge in [0, 0.05) is 29.4 Å².